The lowest BCUT2D eigenvalue weighted by Gasteiger charge is -2.19. The quantitative estimate of drug-likeness (QED) is 0.152. The Balaban J connectivity index is 1.56. The highest BCUT2D eigenvalue weighted by Crippen LogP contribution is 2.46. The van der Waals surface area contributed by atoms with Crippen LogP contribution in [0.25, 0.3) is 86.9 Å². The molecule has 0 unspecified atom stereocenters. The summed E-state index contributed by atoms with van der Waals surface area (Å²) in [4.78, 5) is 0. The topological polar surface area (TPSA) is 0 Å². The molecular formula is C42H26. The van der Waals surface area contributed by atoms with Crippen molar-refractivity contribution in [3.63, 3.8) is 0 Å². The molecule has 0 aliphatic heterocycles. The van der Waals surface area contributed by atoms with Gasteiger partial charge in [0.25, 0.3) is 0 Å². The van der Waals surface area contributed by atoms with Crippen LogP contribution in [0.1, 0.15) is 11.0 Å². The zero-order valence-corrected chi connectivity index (χ0v) is 22.4. The highest BCUT2D eigenvalue weighted by molar-refractivity contribution is 6.32. The van der Waals surface area contributed by atoms with Crippen LogP contribution in [0.4, 0.5) is 0 Å². The minimum absolute atomic E-state index is 0.210. The van der Waals surface area contributed by atoms with E-state index in [9.17, 15) is 5.48 Å². The smallest absolute Gasteiger partial charge is 0.0622 e. The summed E-state index contributed by atoms with van der Waals surface area (Å²) in [6, 6.07) is 33.0. The molecule has 0 aliphatic carbocycles. The van der Waals surface area contributed by atoms with Crippen molar-refractivity contribution in [2.24, 2.45) is 0 Å². The second-order valence-electron chi connectivity index (χ2n) is 10.6. The first-order valence-corrected chi connectivity index (χ1v) is 14.0. The fourth-order valence-electron chi connectivity index (χ4n) is 6.69. The number of hydrogen-bond acceptors (Lipinski definition) is 0. The molecule has 194 valence electrons. The molecule has 0 saturated carbocycles. The molecule has 0 bridgehead atoms. The Labute approximate surface area is 255 Å². The SMILES string of the molecule is [2H]c1c([2H])c([2H])c2c(-c3ccc4c(c3)c3ccccc3c3ccc5ccccc5c34)c3c([2H])c([2H])c([2H])c([2H])c3c(-c3ccccc3)c2c1[2H]. The van der Waals surface area contributed by atoms with Gasteiger partial charge in [0.1, 0.15) is 0 Å². The van der Waals surface area contributed by atoms with Gasteiger partial charge < -0.3 is 0 Å². The largest absolute Gasteiger partial charge is 0.0629 e. The third-order valence-electron chi connectivity index (χ3n) is 8.45. The normalized spacial score (nSPS) is 14.5. The summed E-state index contributed by atoms with van der Waals surface area (Å²) in [5.74, 6) is 0. The number of rotatable bonds is 2. The van der Waals surface area contributed by atoms with Crippen molar-refractivity contribution in [3.05, 3.63) is 158 Å². The van der Waals surface area contributed by atoms with Crippen LogP contribution >= 0.6 is 0 Å². The van der Waals surface area contributed by atoms with Crippen LogP contribution in [-0.2, 0) is 0 Å². The van der Waals surface area contributed by atoms with E-state index in [-0.39, 0.29) is 45.7 Å². The van der Waals surface area contributed by atoms with E-state index < -0.39 is 24.2 Å². The van der Waals surface area contributed by atoms with Crippen LogP contribution in [0.3, 0.4) is 0 Å². The molecule has 0 aromatic heterocycles. The third-order valence-corrected chi connectivity index (χ3v) is 8.45. The van der Waals surface area contributed by atoms with E-state index in [1.807, 2.05) is 48.5 Å². The first kappa shape index (κ1) is 16.7. The maximum absolute atomic E-state index is 9.28. The van der Waals surface area contributed by atoms with Gasteiger partial charge in [-0.25, -0.2) is 0 Å². The van der Waals surface area contributed by atoms with Gasteiger partial charge in [0.2, 0.25) is 0 Å². The van der Waals surface area contributed by atoms with E-state index in [1.54, 1.807) is 24.3 Å². The van der Waals surface area contributed by atoms with Crippen molar-refractivity contribution >= 4 is 64.6 Å². The average molecular weight is 539 g/mol. The lowest BCUT2D eigenvalue weighted by Crippen LogP contribution is -1.91. The lowest BCUT2D eigenvalue weighted by molar-refractivity contribution is 1.66. The number of hydrogen-bond donors (Lipinski definition) is 0. The van der Waals surface area contributed by atoms with Crippen LogP contribution in [0.5, 0.6) is 0 Å². The van der Waals surface area contributed by atoms with E-state index in [4.69, 9.17) is 5.48 Å². The summed E-state index contributed by atoms with van der Waals surface area (Å²) >= 11 is 0. The minimum Gasteiger partial charge on any atom is -0.0622 e. The molecule has 0 spiro atoms. The summed E-state index contributed by atoms with van der Waals surface area (Å²) < 4.78 is 71.8. The predicted molar refractivity (Wildman–Crippen MR) is 182 cm³/mol. The van der Waals surface area contributed by atoms with Crippen LogP contribution in [0, 0.1) is 0 Å². The zero-order chi connectivity index (χ0) is 34.6. The zero-order valence-electron chi connectivity index (χ0n) is 30.4. The van der Waals surface area contributed by atoms with Crippen LogP contribution in [0.15, 0.2) is 158 Å². The second-order valence-corrected chi connectivity index (χ2v) is 10.6. The van der Waals surface area contributed by atoms with Gasteiger partial charge in [-0.1, -0.05) is 151 Å². The van der Waals surface area contributed by atoms with E-state index in [2.05, 4.69) is 36.4 Å². The van der Waals surface area contributed by atoms with E-state index in [1.165, 1.54) is 0 Å². The molecule has 0 radical (unpaired) electrons. The Morgan fingerprint density at radius 3 is 1.50 bits per heavy atom. The van der Waals surface area contributed by atoms with Gasteiger partial charge in [-0.2, -0.15) is 0 Å². The van der Waals surface area contributed by atoms with Crippen molar-refractivity contribution in [1.29, 1.82) is 0 Å². The molecule has 0 saturated heterocycles. The molecular weight excluding hydrogens is 504 g/mol. The molecule has 0 amide bonds. The fourth-order valence-corrected chi connectivity index (χ4v) is 6.69. The van der Waals surface area contributed by atoms with Gasteiger partial charge in [0, 0.05) is 0 Å². The summed E-state index contributed by atoms with van der Waals surface area (Å²) in [6.07, 6.45) is 0. The van der Waals surface area contributed by atoms with Crippen molar-refractivity contribution in [1.82, 2.24) is 0 Å². The molecule has 9 aromatic rings. The van der Waals surface area contributed by atoms with Gasteiger partial charge in [-0.15, -0.1) is 0 Å². The summed E-state index contributed by atoms with van der Waals surface area (Å²) in [5, 5.41) is 9.29. The van der Waals surface area contributed by atoms with Gasteiger partial charge in [-0.3, -0.25) is 0 Å². The Morgan fingerprint density at radius 1 is 0.333 bits per heavy atom. The molecule has 0 aliphatic rings. The van der Waals surface area contributed by atoms with Gasteiger partial charge in [0.05, 0.1) is 11.0 Å². The molecule has 0 heterocycles. The van der Waals surface area contributed by atoms with E-state index >= 15 is 0 Å². The Bertz CT molecular complexity index is 2870. The fraction of sp³-hybridized carbons (Fsp3) is 0. The minimum atomic E-state index is -0.411. The van der Waals surface area contributed by atoms with Gasteiger partial charge in [0.15, 0.2) is 0 Å². The highest BCUT2D eigenvalue weighted by Gasteiger charge is 2.18. The van der Waals surface area contributed by atoms with E-state index in [0.29, 0.717) is 22.3 Å². The molecule has 42 heavy (non-hydrogen) atoms. The van der Waals surface area contributed by atoms with Crippen molar-refractivity contribution in [2.45, 2.75) is 0 Å². The third kappa shape index (κ3) is 3.30. The summed E-state index contributed by atoms with van der Waals surface area (Å²) in [5.41, 5.74) is 1.87. The Morgan fingerprint density at radius 2 is 0.833 bits per heavy atom. The van der Waals surface area contributed by atoms with Crippen LogP contribution < -0.4 is 0 Å². The molecule has 0 nitrogen and oxygen atoms in total. The molecule has 0 heteroatoms. The average Bonchev–Trinajstić information content (AvgIpc) is 3.16. The number of fused-ring (bicyclic) bond motifs is 10. The first-order chi connectivity index (χ1) is 24.2. The van der Waals surface area contributed by atoms with Crippen molar-refractivity contribution in [3.8, 4) is 22.3 Å². The predicted octanol–water partition coefficient (Wildman–Crippen LogP) is 11.9. The van der Waals surface area contributed by atoms with Crippen molar-refractivity contribution < 1.29 is 11.0 Å². The maximum atomic E-state index is 9.28. The Hall–Kier alpha value is -5.46. The van der Waals surface area contributed by atoms with Crippen LogP contribution in [0.2, 0.25) is 0 Å². The maximum Gasteiger partial charge on any atom is 0.0629 e. The molecule has 9 rings (SSSR count). The molecule has 0 N–H and O–H groups in total. The highest BCUT2D eigenvalue weighted by atomic mass is 14.2. The summed E-state index contributed by atoms with van der Waals surface area (Å²) in [6.45, 7) is 0. The van der Waals surface area contributed by atoms with Crippen molar-refractivity contribution in [2.75, 3.05) is 0 Å². The summed E-state index contributed by atoms with van der Waals surface area (Å²) in [7, 11) is 0. The second kappa shape index (κ2) is 9.03. The molecule has 0 fully saturated rings. The number of benzene rings is 9. The molecule has 0 atom stereocenters. The van der Waals surface area contributed by atoms with E-state index in [0.717, 1.165) is 43.1 Å². The molecule has 9 aromatic carbocycles. The van der Waals surface area contributed by atoms with Gasteiger partial charge in [-0.05, 0) is 93.0 Å². The monoisotopic (exact) mass is 538 g/mol. The standard InChI is InChI=1S/C42H26/c1-2-13-28(14-3-1)40-33-18-8-10-20-35(33)41(36-21-11-9-19-34(36)40)29-23-25-38-39(26-29)32-17-7-6-16-31(32)37-24-22-27-12-4-5-15-30(27)42(37)38/h1-26H/i8D,9D,10D,11D,18D,19D,20D,21D. The first-order valence-electron chi connectivity index (χ1n) is 18.0. The lowest BCUT2D eigenvalue weighted by atomic mass is 9.84. The Kier molecular flexibility index (Phi) is 3.59. The van der Waals surface area contributed by atoms with Crippen LogP contribution in [-0.4, -0.2) is 0 Å². The van der Waals surface area contributed by atoms with Gasteiger partial charge >= 0.3 is 0 Å².